The fourth-order valence-electron chi connectivity index (χ4n) is 1.12. The lowest BCUT2D eigenvalue weighted by Gasteiger charge is -2.15. The van der Waals surface area contributed by atoms with Crippen molar-refractivity contribution in [1.29, 1.82) is 0 Å². The maximum absolute atomic E-state index is 13.4. The van der Waals surface area contributed by atoms with E-state index in [1.807, 2.05) is 13.8 Å². The maximum atomic E-state index is 13.4. The van der Waals surface area contributed by atoms with Crippen LogP contribution in [0.5, 0.6) is 0 Å². The molecule has 1 rings (SSSR count). The van der Waals surface area contributed by atoms with E-state index in [9.17, 15) is 9.18 Å². The zero-order valence-electron chi connectivity index (χ0n) is 9.00. The molecule has 1 atom stereocenters. The van der Waals surface area contributed by atoms with E-state index in [2.05, 4.69) is 33.9 Å². The van der Waals surface area contributed by atoms with Crippen molar-refractivity contribution in [3.63, 3.8) is 0 Å². The van der Waals surface area contributed by atoms with Crippen molar-refractivity contribution >= 4 is 40.2 Å². The van der Waals surface area contributed by atoms with Crippen LogP contribution >= 0.6 is 28.6 Å². The Morgan fingerprint density at radius 3 is 2.62 bits per heavy atom. The number of anilines is 1. The Bertz CT molecular complexity index is 377. The Kier molecular flexibility index (Phi) is 4.80. The number of nitrogens with one attached hydrogen (secondary N) is 1. The number of rotatable bonds is 3. The van der Waals surface area contributed by atoms with E-state index < -0.39 is 11.1 Å². The zero-order valence-corrected chi connectivity index (χ0v) is 11.5. The molecule has 1 N–H and O–H groups in total. The summed E-state index contributed by atoms with van der Waals surface area (Å²) in [6, 6.07) is 4.53. The van der Waals surface area contributed by atoms with E-state index in [-0.39, 0.29) is 17.5 Å². The van der Waals surface area contributed by atoms with Gasteiger partial charge in [-0.3, -0.25) is 4.79 Å². The summed E-state index contributed by atoms with van der Waals surface area (Å²) in [6.07, 6.45) is 0. The monoisotopic (exact) mass is 305 g/mol. The first-order valence-electron chi connectivity index (χ1n) is 4.86. The largest absolute Gasteiger partial charge is 0.322 e. The molecule has 0 saturated heterocycles. The van der Waals surface area contributed by atoms with Crippen LogP contribution in [-0.4, -0.2) is 11.2 Å². The van der Waals surface area contributed by atoms with E-state index in [4.69, 9.17) is 0 Å². The molecule has 0 aromatic heterocycles. The summed E-state index contributed by atoms with van der Waals surface area (Å²) in [5, 5.41) is 2.07. The van der Waals surface area contributed by atoms with Crippen LogP contribution in [-0.2, 0) is 4.79 Å². The summed E-state index contributed by atoms with van der Waals surface area (Å²) in [6.45, 7) is 3.77. The summed E-state index contributed by atoms with van der Waals surface area (Å²) in [4.78, 5) is 11.7. The highest BCUT2D eigenvalue weighted by Gasteiger charge is 2.19. The lowest BCUT2D eigenvalue weighted by Crippen LogP contribution is -2.28. The predicted octanol–water partition coefficient (Wildman–Crippen LogP) is 3.48. The molecule has 0 aliphatic heterocycles. The summed E-state index contributed by atoms with van der Waals surface area (Å²) in [5.41, 5.74) is 0.159. The van der Waals surface area contributed by atoms with Gasteiger partial charge in [-0.05, 0) is 34.0 Å². The van der Waals surface area contributed by atoms with Gasteiger partial charge in [0.15, 0.2) is 0 Å². The molecular formula is C11H13BrFNOS. The Morgan fingerprint density at radius 1 is 1.50 bits per heavy atom. The minimum atomic E-state index is -0.466. The summed E-state index contributed by atoms with van der Waals surface area (Å²) >= 11 is 7.35. The van der Waals surface area contributed by atoms with Crippen molar-refractivity contribution in [3.05, 3.63) is 28.5 Å². The van der Waals surface area contributed by atoms with Gasteiger partial charge in [-0.25, -0.2) is 4.39 Å². The molecule has 0 saturated carbocycles. The lowest BCUT2D eigenvalue weighted by molar-refractivity contribution is -0.116. The molecule has 0 radical (unpaired) electrons. The van der Waals surface area contributed by atoms with E-state index >= 15 is 0 Å². The lowest BCUT2D eigenvalue weighted by atomic mass is 10.1. The molecular weight excluding hydrogens is 293 g/mol. The van der Waals surface area contributed by atoms with Crippen molar-refractivity contribution in [2.45, 2.75) is 19.1 Å². The summed E-state index contributed by atoms with van der Waals surface area (Å²) in [7, 11) is 0. The molecule has 1 aromatic rings. The molecule has 0 fully saturated rings. The van der Waals surface area contributed by atoms with Gasteiger partial charge in [0, 0.05) is 4.47 Å². The molecule has 0 aliphatic carbocycles. The zero-order chi connectivity index (χ0) is 12.3. The number of carbonyl (C=O) groups excluding carboxylic acids is 1. The van der Waals surface area contributed by atoms with Crippen molar-refractivity contribution in [2.75, 3.05) is 5.32 Å². The second-order valence-corrected chi connectivity index (χ2v) is 5.19. The highest BCUT2D eigenvalue weighted by molar-refractivity contribution is 9.10. The summed E-state index contributed by atoms with van der Waals surface area (Å²) < 4.78 is 13.9. The van der Waals surface area contributed by atoms with Gasteiger partial charge in [-0.2, -0.15) is 12.6 Å². The fraction of sp³-hybridized carbons (Fsp3) is 0.364. The third kappa shape index (κ3) is 3.22. The smallest absolute Gasteiger partial charge is 0.237 e. The van der Waals surface area contributed by atoms with Gasteiger partial charge in [0.2, 0.25) is 5.91 Å². The van der Waals surface area contributed by atoms with Gasteiger partial charge in [0.1, 0.15) is 5.82 Å². The average Bonchev–Trinajstić information content (AvgIpc) is 2.22. The Hall–Kier alpha value is -0.550. The minimum Gasteiger partial charge on any atom is -0.322 e. The maximum Gasteiger partial charge on any atom is 0.237 e. The molecule has 0 aliphatic rings. The third-order valence-electron chi connectivity index (χ3n) is 2.11. The van der Waals surface area contributed by atoms with Crippen LogP contribution < -0.4 is 5.32 Å². The predicted molar refractivity (Wildman–Crippen MR) is 70.3 cm³/mol. The van der Waals surface area contributed by atoms with Crippen LogP contribution in [0.1, 0.15) is 13.8 Å². The first-order chi connectivity index (χ1) is 7.43. The van der Waals surface area contributed by atoms with Crippen LogP contribution in [0.4, 0.5) is 10.1 Å². The normalized spacial score (nSPS) is 12.6. The topological polar surface area (TPSA) is 29.1 Å². The average molecular weight is 306 g/mol. The van der Waals surface area contributed by atoms with E-state index in [1.54, 1.807) is 12.1 Å². The van der Waals surface area contributed by atoms with Crippen molar-refractivity contribution in [3.8, 4) is 0 Å². The number of halogens is 2. The van der Waals surface area contributed by atoms with Crippen LogP contribution in [0.25, 0.3) is 0 Å². The first kappa shape index (κ1) is 13.5. The number of thiol groups is 1. The molecule has 0 heterocycles. The number of hydrogen-bond donors (Lipinski definition) is 2. The molecule has 88 valence electrons. The van der Waals surface area contributed by atoms with E-state index in [0.29, 0.717) is 4.47 Å². The number of benzene rings is 1. The standard InChI is InChI=1S/C11H13BrFNOS/c1-6(2)10(16)11(15)14-9-7(12)4-3-5-8(9)13/h3-6,10,16H,1-2H3,(H,14,15). The Morgan fingerprint density at radius 2 is 2.12 bits per heavy atom. The van der Waals surface area contributed by atoms with Crippen LogP contribution in [0.3, 0.4) is 0 Å². The fourth-order valence-corrected chi connectivity index (χ4v) is 1.62. The van der Waals surface area contributed by atoms with Gasteiger partial charge in [-0.1, -0.05) is 19.9 Å². The van der Waals surface area contributed by atoms with Crippen LogP contribution in [0.2, 0.25) is 0 Å². The van der Waals surface area contributed by atoms with Gasteiger partial charge < -0.3 is 5.32 Å². The molecule has 1 amide bonds. The van der Waals surface area contributed by atoms with Gasteiger partial charge in [0.05, 0.1) is 10.9 Å². The van der Waals surface area contributed by atoms with Crippen molar-refractivity contribution in [2.24, 2.45) is 5.92 Å². The number of carbonyl (C=O) groups is 1. The number of para-hydroxylation sites is 1. The molecule has 1 unspecified atom stereocenters. The third-order valence-corrected chi connectivity index (χ3v) is 3.60. The van der Waals surface area contributed by atoms with Crippen molar-refractivity contribution < 1.29 is 9.18 Å². The molecule has 0 spiro atoms. The van der Waals surface area contributed by atoms with E-state index in [0.717, 1.165) is 0 Å². The molecule has 5 heteroatoms. The second-order valence-electron chi connectivity index (χ2n) is 3.77. The highest BCUT2D eigenvalue weighted by atomic mass is 79.9. The van der Waals surface area contributed by atoms with Crippen molar-refractivity contribution in [1.82, 2.24) is 0 Å². The van der Waals surface area contributed by atoms with E-state index in [1.165, 1.54) is 6.07 Å². The van der Waals surface area contributed by atoms with Crippen LogP contribution in [0.15, 0.2) is 22.7 Å². The highest BCUT2D eigenvalue weighted by Crippen LogP contribution is 2.26. The minimum absolute atomic E-state index is 0.0916. The quantitative estimate of drug-likeness (QED) is 0.823. The molecule has 2 nitrogen and oxygen atoms in total. The SMILES string of the molecule is CC(C)C(S)C(=O)Nc1c(F)cccc1Br. The molecule has 1 aromatic carbocycles. The first-order valence-corrected chi connectivity index (χ1v) is 6.17. The van der Waals surface area contributed by atoms with Crippen LogP contribution in [0, 0.1) is 11.7 Å². The molecule has 0 bridgehead atoms. The number of amides is 1. The Balaban J connectivity index is 2.85. The Labute approximate surface area is 108 Å². The second kappa shape index (κ2) is 5.68. The molecule has 16 heavy (non-hydrogen) atoms. The van der Waals surface area contributed by atoms with Gasteiger partial charge >= 0.3 is 0 Å². The van der Waals surface area contributed by atoms with Gasteiger partial charge in [-0.15, -0.1) is 0 Å². The number of hydrogen-bond acceptors (Lipinski definition) is 2. The summed E-state index contributed by atoms with van der Waals surface area (Å²) in [5.74, 6) is -0.676. The van der Waals surface area contributed by atoms with Gasteiger partial charge in [0.25, 0.3) is 0 Å².